The topological polar surface area (TPSA) is 44.3 Å². The van der Waals surface area contributed by atoms with Gasteiger partial charge in [0.2, 0.25) is 0 Å². The van der Waals surface area contributed by atoms with E-state index in [1.807, 2.05) is 6.07 Å². The number of para-hydroxylation sites is 2. The van der Waals surface area contributed by atoms with Crippen molar-refractivity contribution in [2.24, 2.45) is 0 Å². The van der Waals surface area contributed by atoms with Gasteiger partial charge < -0.3 is 9.30 Å². The number of imidazole rings is 1. The van der Waals surface area contributed by atoms with Gasteiger partial charge >= 0.3 is 0 Å². The standard InChI is InChI=1S/C21H24N4O/c1-4-18-23-20-19(21-22-16-9-5-6-10-17(16)25(18)21)13(2)14(3)24(20)12-15-8-7-11-26-15/h5-6,9-10,15H,4,7-8,11-12H2,1-3H3/t15-/m0/s1. The average Bonchev–Trinajstić information content (AvgIpc) is 3.35. The zero-order valence-corrected chi connectivity index (χ0v) is 15.6. The largest absolute Gasteiger partial charge is 0.376 e. The summed E-state index contributed by atoms with van der Waals surface area (Å²) in [6.45, 7) is 8.30. The summed E-state index contributed by atoms with van der Waals surface area (Å²) >= 11 is 0. The maximum Gasteiger partial charge on any atom is 0.150 e. The van der Waals surface area contributed by atoms with Crippen molar-refractivity contribution in [3.8, 4) is 0 Å². The van der Waals surface area contributed by atoms with Crippen LogP contribution in [0.15, 0.2) is 24.3 Å². The molecule has 5 nitrogen and oxygen atoms in total. The first-order valence-electron chi connectivity index (χ1n) is 9.56. The summed E-state index contributed by atoms with van der Waals surface area (Å²) < 4.78 is 10.5. The second-order valence-electron chi connectivity index (χ2n) is 7.30. The first kappa shape index (κ1) is 15.8. The van der Waals surface area contributed by atoms with Crippen LogP contribution in [0, 0.1) is 13.8 Å². The van der Waals surface area contributed by atoms with Crippen LogP contribution in [0.3, 0.4) is 0 Å². The van der Waals surface area contributed by atoms with Crippen molar-refractivity contribution in [3.05, 3.63) is 41.3 Å². The third kappa shape index (κ3) is 2.13. The Labute approximate surface area is 152 Å². The summed E-state index contributed by atoms with van der Waals surface area (Å²) in [5.41, 5.74) is 6.78. The molecule has 0 bridgehead atoms. The van der Waals surface area contributed by atoms with Gasteiger partial charge in [-0.3, -0.25) is 4.40 Å². The molecule has 1 atom stereocenters. The van der Waals surface area contributed by atoms with Crippen LogP contribution >= 0.6 is 0 Å². The molecule has 4 heterocycles. The highest BCUT2D eigenvalue weighted by atomic mass is 16.5. The molecule has 0 aliphatic carbocycles. The Morgan fingerprint density at radius 2 is 2.00 bits per heavy atom. The molecule has 5 heteroatoms. The number of nitrogens with zero attached hydrogens (tertiary/aromatic N) is 4. The summed E-state index contributed by atoms with van der Waals surface area (Å²) in [4.78, 5) is 10.1. The van der Waals surface area contributed by atoms with Crippen LogP contribution in [0.1, 0.15) is 36.8 Å². The molecule has 4 aromatic rings. The monoisotopic (exact) mass is 348 g/mol. The van der Waals surface area contributed by atoms with E-state index in [-0.39, 0.29) is 0 Å². The number of rotatable bonds is 3. The summed E-state index contributed by atoms with van der Waals surface area (Å²) in [6.07, 6.45) is 3.46. The van der Waals surface area contributed by atoms with Crippen LogP contribution in [0.25, 0.3) is 27.7 Å². The van der Waals surface area contributed by atoms with Crippen molar-refractivity contribution in [1.82, 2.24) is 18.9 Å². The van der Waals surface area contributed by atoms with Gasteiger partial charge in [0.25, 0.3) is 0 Å². The molecule has 26 heavy (non-hydrogen) atoms. The van der Waals surface area contributed by atoms with Gasteiger partial charge in [-0.05, 0) is 44.4 Å². The Bertz CT molecular complexity index is 1130. The third-order valence-corrected chi connectivity index (χ3v) is 5.81. The van der Waals surface area contributed by atoms with E-state index in [1.54, 1.807) is 0 Å². The van der Waals surface area contributed by atoms with Gasteiger partial charge in [-0.2, -0.15) is 0 Å². The molecule has 1 fully saturated rings. The minimum atomic E-state index is 0.297. The number of aryl methyl sites for hydroxylation is 2. The normalized spacial score (nSPS) is 17.9. The van der Waals surface area contributed by atoms with Crippen molar-refractivity contribution in [3.63, 3.8) is 0 Å². The lowest BCUT2D eigenvalue weighted by Crippen LogP contribution is -2.16. The van der Waals surface area contributed by atoms with E-state index < -0.39 is 0 Å². The van der Waals surface area contributed by atoms with Crippen molar-refractivity contribution in [2.75, 3.05) is 6.61 Å². The Balaban J connectivity index is 1.86. The molecule has 134 valence electrons. The first-order chi connectivity index (χ1) is 12.7. The van der Waals surface area contributed by atoms with E-state index >= 15 is 0 Å². The molecule has 1 aliphatic heterocycles. The first-order valence-corrected chi connectivity index (χ1v) is 9.56. The van der Waals surface area contributed by atoms with Crippen LogP contribution in [0.5, 0.6) is 0 Å². The van der Waals surface area contributed by atoms with Gasteiger partial charge in [-0.25, -0.2) is 9.97 Å². The molecule has 0 radical (unpaired) electrons. The summed E-state index contributed by atoms with van der Waals surface area (Å²) in [7, 11) is 0. The number of hydrogen-bond donors (Lipinski definition) is 0. The van der Waals surface area contributed by atoms with Crippen LogP contribution in [0.2, 0.25) is 0 Å². The summed E-state index contributed by atoms with van der Waals surface area (Å²) in [5, 5.41) is 1.17. The van der Waals surface area contributed by atoms with Crippen LogP contribution < -0.4 is 0 Å². The molecule has 5 rings (SSSR count). The Morgan fingerprint density at radius 3 is 2.77 bits per heavy atom. The molecule has 0 N–H and O–H groups in total. The highest BCUT2D eigenvalue weighted by Gasteiger charge is 2.23. The summed E-state index contributed by atoms with van der Waals surface area (Å²) in [5.74, 6) is 1.06. The van der Waals surface area contributed by atoms with Crippen molar-refractivity contribution in [1.29, 1.82) is 0 Å². The van der Waals surface area contributed by atoms with E-state index in [1.165, 1.54) is 16.6 Å². The number of hydrogen-bond acceptors (Lipinski definition) is 3. The predicted molar refractivity (Wildman–Crippen MR) is 104 cm³/mol. The van der Waals surface area contributed by atoms with Crippen LogP contribution in [-0.2, 0) is 17.7 Å². The lowest BCUT2D eigenvalue weighted by atomic mass is 10.2. The second-order valence-corrected chi connectivity index (χ2v) is 7.30. The molecule has 0 spiro atoms. The maximum atomic E-state index is 5.89. The highest BCUT2D eigenvalue weighted by molar-refractivity contribution is 5.98. The molecule has 0 unspecified atom stereocenters. The van der Waals surface area contributed by atoms with Gasteiger partial charge in [0, 0.05) is 18.7 Å². The molecular formula is C21H24N4O. The number of benzene rings is 1. The van der Waals surface area contributed by atoms with Gasteiger partial charge in [0.1, 0.15) is 11.5 Å². The fourth-order valence-electron chi connectivity index (χ4n) is 4.31. The van der Waals surface area contributed by atoms with Gasteiger partial charge in [-0.15, -0.1) is 0 Å². The lowest BCUT2D eigenvalue weighted by Gasteiger charge is -2.14. The average molecular weight is 348 g/mol. The zero-order chi connectivity index (χ0) is 17.8. The SMILES string of the molecule is CCc1nc2c(c(C)c(C)n2C[C@@H]2CCCO2)c2nc3ccccc3n12. The van der Waals surface area contributed by atoms with Gasteiger partial charge in [0.15, 0.2) is 5.65 Å². The van der Waals surface area contributed by atoms with E-state index in [9.17, 15) is 0 Å². The van der Waals surface area contributed by atoms with E-state index in [0.29, 0.717) is 6.10 Å². The number of ether oxygens (including phenoxy) is 1. The van der Waals surface area contributed by atoms with Crippen molar-refractivity contribution >= 4 is 27.7 Å². The van der Waals surface area contributed by atoms with Gasteiger partial charge in [-0.1, -0.05) is 19.1 Å². The molecular weight excluding hydrogens is 324 g/mol. The predicted octanol–water partition coefficient (Wildman–Crippen LogP) is 4.20. The number of aromatic nitrogens is 4. The van der Waals surface area contributed by atoms with E-state index in [2.05, 4.69) is 47.9 Å². The quantitative estimate of drug-likeness (QED) is 0.557. The van der Waals surface area contributed by atoms with Crippen molar-refractivity contribution in [2.45, 2.75) is 52.7 Å². The molecule has 1 saturated heterocycles. The lowest BCUT2D eigenvalue weighted by molar-refractivity contribution is 0.0974. The molecule has 3 aromatic heterocycles. The van der Waals surface area contributed by atoms with Gasteiger partial charge in [0.05, 0.1) is 29.1 Å². The maximum absolute atomic E-state index is 5.89. The minimum Gasteiger partial charge on any atom is -0.376 e. The molecule has 1 aromatic carbocycles. The second kappa shape index (κ2) is 5.81. The Morgan fingerprint density at radius 1 is 1.15 bits per heavy atom. The fourth-order valence-corrected chi connectivity index (χ4v) is 4.31. The highest BCUT2D eigenvalue weighted by Crippen LogP contribution is 2.31. The van der Waals surface area contributed by atoms with Crippen LogP contribution in [0.4, 0.5) is 0 Å². The number of fused-ring (bicyclic) bond motifs is 5. The zero-order valence-electron chi connectivity index (χ0n) is 15.6. The minimum absolute atomic E-state index is 0.297. The Kier molecular flexibility index (Phi) is 3.54. The molecule has 0 saturated carbocycles. The molecule has 1 aliphatic rings. The summed E-state index contributed by atoms with van der Waals surface area (Å²) in [6, 6.07) is 8.33. The van der Waals surface area contributed by atoms with Crippen molar-refractivity contribution < 1.29 is 4.74 Å². The smallest absolute Gasteiger partial charge is 0.150 e. The molecule has 0 amide bonds. The Hall–Kier alpha value is -2.40. The van der Waals surface area contributed by atoms with Crippen LogP contribution in [-0.4, -0.2) is 31.6 Å². The van der Waals surface area contributed by atoms with E-state index in [4.69, 9.17) is 14.7 Å². The van der Waals surface area contributed by atoms with E-state index in [0.717, 1.165) is 60.6 Å². The third-order valence-electron chi connectivity index (χ3n) is 5.81. The fraction of sp³-hybridized carbons (Fsp3) is 0.429.